The van der Waals surface area contributed by atoms with Crippen LogP contribution in [0.5, 0.6) is 0 Å². The molecule has 0 saturated heterocycles. The van der Waals surface area contributed by atoms with Gasteiger partial charge in [0.1, 0.15) is 5.52 Å². The number of nitrogens with zero attached hydrogens (tertiary/aromatic N) is 7. The number of carbonyl (C=O) groups excluding carboxylic acids is 1. The van der Waals surface area contributed by atoms with E-state index in [1.165, 1.54) is 21.5 Å². The van der Waals surface area contributed by atoms with Crippen molar-refractivity contribution in [1.82, 2.24) is 39.2 Å². The second kappa shape index (κ2) is 9.19. The maximum absolute atomic E-state index is 13.8. The minimum Gasteiger partial charge on any atom is -0.382 e. The number of aryl methyl sites for hydroxylation is 1. The van der Waals surface area contributed by atoms with E-state index in [-0.39, 0.29) is 17.1 Å². The van der Waals surface area contributed by atoms with Crippen LogP contribution >= 0.6 is 0 Å². The van der Waals surface area contributed by atoms with Crippen LogP contribution in [0, 0.1) is 11.8 Å². The van der Waals surface area contributed by atoms with Crippen LogP contribution in [0.25, 0.3) is 11.2 Å². The minimum absolute atomic E-state index is 0.00652. The molecule has 4 heterocycles. The quantitative estimate of drug-likeness (QED) is 0.372. The third kappa shape index (κ3) is 4.19. The number of hydrogen-bond donors (Lipinski definition) is 2. The molecular weight excluding hydrogens is 458 g/mol. The van der Waals surface area contributed by atoms with E-state index in [1.807, 2.05) is 25.2 Å². The van der Waals surface area contributed by atoms with E-state index < -0.39 is 11.9 Å². The highest BCUT2D eigenvalue weighted by atomic mass is 16.2. The lowest BCUT2D eigenvalue weighted by Gasteiger charge is -2.19. The van der Waals surface area contributed by atoms with Gasteiger partial charge in [-0.3, -0.25) is 18.8 Å². The molecule has 5 aromatic rings. The molecule has 0 aliphatic carbocycles. The number of hydrogen-bond acceptors (Lipinski definition) is 7. The molecule has 0 spiro atoms. The molecule has 1 amide bonds. The summed E-state index contributed by atoms with van der Waals surface area (Å²) in [4.78, 5) is 34.6. The lowest BCUT2D eigenvalue weighted by molar-refractivity contribution is 0.0933. The first kappa shape index (κ1) is 22.5. The number of aromatic nitrogens is 7. The minimum atomic E-state index is -0.677. The number of para-hydroxylation sites is 1. The number of amides is 1. The maximum Gasteiger partial charge on any atom is 0.283 e. The average Bonchev–Trinajstić information content (AvgIpc) is 3.49. The Hall–Kier alpha value is -5.24. The molecule has 0 radical (unpaired) electrons. The third-order valence-electron chi connectivity index (χ3n) is 5.45. The molecule has 0 aliphatic rings. The van der Waals surface area contributed by atoms with Gasteiger partial charge < -0.3 is 11.1 Å². The number of benzene rings is 1. The molecule has 11 nitrogen and oxygen atoms in total. The first-order chi connectivity index (χ1) is 17.4. The van der Waals surface area contributed by atoms with Gasteiger partial charge in [-0.2, -0.15) is 10.2 Å². The van der Waals surface area contributed by atoms with Gasteiger partial charge in [-0.05, 0) is 25.1 Å². The Labute approximate surface area is 205 Å². The maximum atomic E-state index is 13.8. The van der Waals surface area contributed by atoms with Gasteiger partial charge in [0.2, 0.25) is 0 Å². The topological polar surface area (TPSA) is 138 Å². The number of nitrogens with one attached hydrogen (secondary N) is 1. The first-order valence-electron chi connectivity index (χ1n) is 11.0. The van der Waals surface area contributed by atoms with Gasteiger partial charge in [0, 0.05) is 31.8 Å². The zero-order valence-corrected chi connectivity index (χ0v) is 19.5. The van der Waals surface area contributed by atoms with Crippen LogP contribution in [0.3, 0.4) is 0 Å². The van der Waals surface area contributed by atoms with Crippen LogP contribution in [0.2, 0.25) is 0 Å². The summed E-state index contributed by atoms with van der Waals surface area (Å²) in [5, 5.41) is 11.6. The van der Waals surface area contributed by atoms with E-state index in [4.69, 9.17) is 5.73 Å². The van der Waals surface area contributed by atoms with Gasteiger partial charge in [-0.15, -0.1) is 0 Å². The van der Waals surface area contributed by atoms with Crippen molar-refractivity contribution >= 4 is 17.2 Å². The Kier molecular flexibility index (Phi) is 5.75. The molecule has 0 saturated carbocycles. The van der Waals surface area contributed by atoms with Crippen molar-refractivity contribution in [2.45, 2.75) is 13.0 Å². The average molecular weight is 480 g/mol. The van der Waals surface area contributed by atoms with Crippen molar-refractivity contribution < 1.29 is 4.79 Å². The lowest BCUT2D eigenvalue weighted by Crippen LogP contribution is -2.35. The first-order valence-corrected chi connectivity index (χ1v) is 11.0. The van der Waals surface area contributed by atoms with E-state index in [0.29, 0.717) is 22.6 Å². The van der Waals surface area contributed by atoms with Crippen molar-refractivity contribution in [3.8, 4) is 17.5 Å². The summed E-state index contributed by atoms with van der Waals surface area (Å²) in [5.74, 6) is 5.87. The normalized spacial score (nSPS) is 11.6. The molecule has 0 aliphatic heterocycles. The molecule has 5 rings (SSSR count). The molecule has 3 N–H and O–H groups in total. The van der Waals surface area contributed by atoms with Gasteiger partial charge in [-0.25, -0.2) is 14.5 Å². The smallest absolute Gasteiger partial charge is 0.283 e. The molecule has 1 unspecified atom stereocenters. The van der Waals surface area contributed by atoms with Crippen LogP contribution in [-0.4, -0.2) is 39.8 Å². The van der Waals surface area contributed by atoms with Crippen molar-refractivity contribution in [3.63, 3.8) is 0 Å². The van der Waals surface area contributed by atoms with Crippen molar-refractivity contribution in [3.05, 3.63) is 100 Å². The fourth-order valence-corrected chi connectivity index (χ4v) is 3.77. The van der Waals surface area contributed by atoms with E-state index in [2.05, 4.69) is 37.3 Å². The van der Waals surface area contributed by atoms with Crippen LogP contribution in [0.1, 0.15) is 40.4 Å². The number of nitrogen functional groups attached to an aromatic ring is 1. The van der Waals surface area contributed by atoms with E-state index in [0.717, 1.165) is 5.56 Å². The second-order valence-corrected chi connectivity index (χ2v) is 7.99. The van der Waals surface area contributed by atoms with Crippen molar-refractivity contribution in [2.24, 2.45) is 7.05 Å². The summed E-state index contributed by atoms with van der Waals surface area (Å²) < 4.78 is 4.60. The van der Waals surface area contributed by atoms with Gasteiger partial charge in [0.05, 0.1) is 29.1 Å². The SMILES string of the molecule is CC(NC(=O)c1nccnc1N)c1nn2ccc(C#Cc3cnn(C)c3)c2c(=O)n1-c1ccccc1. The van der Waals surface area contributed by atoms with Crippen LogP contribution in [0.15, 0.2) is 72.2 Å². The molecule has 1 atom stereocenters. The lowest BCUT2D eigenvalue weighted by atomic mass is 10.2. The number of fused-ring (bicyclic) bond motifs is 1. The molecule has 1 aromatic carbocycles. The Balaban J connectivity index is 1.62. The Bertz CT molecular complexity index is 1700. The van der Waals surface area contributed by atoms with Gasteiger partial charge in [0.25, 0.3) is 11.5 Å². The Morgan fingerprint density at radius 3 is 2.61 bits per heavy atom. The third-order valence-corrected chi connectivity index (χ3v) is 5.45. The highest BCUT2D eigenvalue weighted by molar-refractivity contribution is 5.96. The summed E-state index contributed by atoms with van der Waals surface area (Å²) in [7, 11) is 1.81. The van der Waals surface area contributed by atoms with Crippen LogP contribution in [-0.2, 0) is 7.05 Å². The predicted molar refractivity (Wildman–Crippen MR) is 132 cm³/mol. The molecule has 36 heavy (non-hydrogen) atoms. The van der Waals surface area contributed by atoms with Crippen molar-refractivity contribution in [2.75, 3.05) is 5.73 Å². The molecule has 11 heteroatoms. The van der Waals surface area contributed by atoms with E-state index in [9.17, 15) is 9.59 Å². The zero-order chi connectivity index (χ0) is 25.2. The summed E-state index contributed by atoms with van der Waals surface area (Å²) in [5.41, 5.74) is 7.63. The predicted octanol–water partition coefficient (Wildman–Crippen LogP) is 1.48. The largest absolute Gasteiger partial charge is 0.382 e. The van der Waals surface area contributed by atoms with E-state index >= 15 is 0 Å². The van der Waals surface area contributed by atoms with Crippen molar-refractivity contribution in [1.29, 1.82) is 0 Å². The summed E-state index contributed by atoms with van der Waals surface area (Å²) in [6, 6.07) is 10.1. The number of rotatable bonds is 4. The van der Waals surface area contributed by atoms with Crippen LogP contribution in [0.4, 0.5) is 5.82 Å². The highest BCUT2D eigenvalue weighted by Gasteiger charge is 2.23. The molecule has 0 fully saturated rings. The van der Waals surface area contributed by atoms with Gasteiger partial charge in [0.15, 0.2) is 17.3 Å². The Morgan fingerprint density at radius 2 is 1.89 bits per heavy atom. The van der Waals surface area contributed by atoms with Gasteiger partial charge in [-0.1, -0.05) is 30.0 Å². The second-order valence-electron chi connectivity index (χ2n) is 7.99. The highest BCUT2D eigenvalue weighted by Crippen LogP contribution is 2.17. The standard InChI is InChI=1S/C25H21N9O2/c1-16(30-24(35)20-22(26)28-12-11-27-20)23-31-33-13-10-18(9-8-17-14-29-32(2)15-17)21(33)25(36)34(23)19-6-4-3-5-7-19/h3-7,10-16H,1-2H3,(H2,26,28)(H,30,35). The number of carbonyl (C=O) groups is 1. The van der Waals surface area contributed by atoms with Gasteiger partial charge >= 0.3 is 0 Å². The fraction of sp³-hybridized carbons (Fsp3) is 0.120. The monoisotopic (exact) mass is 479 g/mol. The fourth-order valence-electron chi connectivity index (χ4n) is 3.77. The molecular formula is C25H21N9O2. The van der Waals surface area contributed by atoms with E-state index in [1.54, 1.807) is 48.4 Å². The number of anilines is 1. The number of nitrogens with two attached hydrogens (primary N) is 1. The summed E-state index contributed by atoms with van der Waals surface area (Å²) in [6.45, 7) is 1.73. The summed E-state index contributed by atoms with van der Waals surface area (Å²) >= 11 is 0. The molecule has 4 aromatic heterocycles. The molecule has 0 bridgehead atoms. The summed E-state index contributed by atoms with van der Waals surface area (Å²) in [6.07, 6.45) is 7.89. The zero-order valence-electron chi connectivity index (χ0n) is 19.5. The van der Waals surface area contributed by atoms with Crippen LogP contribution < -0.4 is 16.6 Å². The Morgan fingerprint density at radius 1 is 1.11 bits per heavy atom. The molecule has 178 valence electrons.